The summed E-state index contributed by atoms with van der Waals surface area (Å²) in [6, 6.07) is 15.0. The van der Waals surface area contributed by atoms with E-state index in [4.69, 9.17) is 0 Å². The zero-order valence-electron chi connectivity index (χ0n) is 11.4. The monoisotopic (exact) mass is 255 g/mol. The maximum absolute atomic E-state index is 10.2. The molecule has 19 heavy (non-hydrogen) atoms. The normalized spacial score (nSPS) is 19.7. The first kappa shape index (κ1) is 12.6. The van der Waals surface area contributed by atoms with Crippen molar-refractivity contribution in [2.75, 3.05) is 13.1 Å². The average molecular weight is 255 g/mol. The number of benzene rings is 2. The molecule has 0 aliphatic carbocycles. The second-order valence-electron chi connectivity index (χ2n) is 5.50. The van der Waals surface area contributed by atoms with E-state index in [0.717, 1.165) is 13.1 Å². The number of fused-ring (bicyclic) bond motifs is 1. The highest BCUT2D eigenvalue weighted by Gasteiger charge is 2.28. The van der Waals surface area contributed by atoms with Gasteiger partial charge in [-0.1, -0.05) is 42.5 Å². The lowest BCUT2D eigenvalue weighted by atomic mass is 9.95. The number of rotatable bonds is 3. The highest BCUT2D eigenvalue weighted by molar-refractivity contribution is 5.86. The Hall–Kier alpha value is -1.38. The fraction of sp³-hybridized carbons (Fsp3) is 0.412. The summed E-state index contributed by atoms with van der Waals surface area (Å²) in [4.78, 5) is 2.42. The largest absolute Gasteiger partial charge is 0.391 e. The lowest BCUT2D eigenvalue weighted by molar-refractivity contribution is 0.0757. The summed E-state index contributed by atoms with van der Waals surface area (Å²) in [6.07, 6.45) is 2.14. The molecule has 3 rings (SSSR count). The van der Waals surface area contributed by atoms with Gasteiger partial charge >= 0.3 is 0 Å². The summed E-state index contributed by atoms with van der Waals surface area (Å²) < 4.78 is 0. The number of likely N-dealkylation sites (tertiary alicyclic amines) is 1. The molecule has 2 atom stereocenters. The molecule has 1 saturated heterocycles. The molecule has 2 heteroatoms. The molecule has 1 aliphatic rings. The Morgan fingerprint density at radius 3 is 2.42 bits per heavy atom. The molecule has 2 aromatic carbocycles. The topological polar surface area (TPSA) is 23.5 Å². The first-order valence-electron chi connectivity index (χ1n) is 7.17. The van der Waals surface area contributed by atoms with Crippen LogP contribution in [0, 0.1) is 0 Å². The van der Waals surface area contributed by atoms with Crippen LogP contribution in [0.4, 0.5) is 0 Å². The Labute approximate surface area is 114 Å². The molecule has 1 heterocycles. The highest BCUT2D eigenvalue weighted by atomic mass is 16.3. The minimum Gasteiger partial charge on any atom is -0.391 e. The van der Waals surface area contributed by atoms with E-state index in [1.807, 2.05) is 6.92 Å². The zero-order valence-corrected chi connectivity index (χ0v) is 11.4. The molecule has 2 nitrogen and oxygen atoms in total. The van der Waals surface area contributed by atoms with Gasteiger partial charge in [0.2, 0.25) is 0 Å². The number of hydrogen-bond donors (Lipinski definition) is 1. The Kier molecular flexibility index (Phi) is 3.54. The van der Waals surface area contributed by atoms with Crippen LogP contribution >= 0.6 is 0 Å². The molecule has 0 aromatic heterocycles. The summed E-state index contributed by atoms with van der Waals surface area (Å²) in [5.74, 6) is 0. The van der Waals surface area contributed by atoms with Crippen molar-refractivity contribution in [3.05, 3.63) is 48.0 Å². The van der Waals surface area contributed by atoms with Gasteiger partial charge in [0, 0.05) is 0 Å². The van der Waals surface area contributed by atoms with E-state index in [1.165, 1.54) is 29.2 Å². The second-order valence-corrected chi connectivity index (χ2v) is 5.50. The third-order valence-electron chi connectivity index (χ3n) is 4.13. The third kappa shape index (κ3) is 2.38. The Bertz CT molecular complexity index is 553. The fourth-order valence-corrected chi connectivity index (χ4v) is 3.29. The molecule has 0 unspecified atom stereocenters. The Morgan fingerprint density at radius 1 is 1.00 bits per heavy atom. The molecule has 1 aliphatic heterocycles. The van der Waals surface area contributed by atoms with E-state index in [1.54, 1.807) is 0 Å². The molecule has 0 saturated carbocycles. The lowest BCUT2D eigenvalue weighted by Crippen LogP contribution is -2.33. The van der Waals surface area contributed by atoms with Crippen molar-refractivity contribution < 1.29 is 5.11 Å². The second kappa shape index (κ2) is 5.32. The van der Waals surface area contributed by atoms with E-state index in [2.05, 4.69) is 47.4 Å². The molecule has 0 radical (unpaired) electrons. The van der Waals surface area contributed by atoms with Crippen molar-refractivity contribution in [1.82, 2.24) is 4.90 Å². The quantitative estimate of drug-likeness (QED) is 0.909. The Morgan fingerprint density at radius 2 is 1.68 bits per heavy atom. The molecule has 1 N–H and O–H groups in total. The van der Waals surface area contributed by atoms with Gasteiger partial charge in [-0.25, -0.2) is 0 Å². The van der Waals surface area contributed by atoms with E-state index < -0.39 is 0 Å². The maximum Gasteiger partial charge on any atom is 0.0709 e. The van der Waals surface area contributed by atoms with Crippen LogP contribution in [0.15, 0.2) is 42.5 Å². The van der Waals surface area contributed by atoms with Crippen molar-refractivity contribution >= 4 is 10.8 Å². The standard InChI is InChI=1S/C17H21NO/c1-13(19)17(18-11-4-5-12-18)16-10-6-8-14-7-2-3-9-15(14)16/h2-3,6-10,13,17,19H,4-5,11-12H2,1H3/t13-,17-/m0/s1. The number of aliphatic hydroxyl groups is 1. The van der Waals surface area contributed by atoms with Gasteiger partial charge in [0.05, 0.1) is 12.1 Å². The van der Waals surface area contributed by atoms with Crippen molar-refractivity contribution in [1.29, 1.82) is 0 Å². The maximum atomic E-state index is 10.2. The minimum absolute atomic E-state index is 0.119. The van der Waals surface area contributed by atoms with Gasteiger partial charge in [0.25, 0.3) is 0 Å². The Balaban J connectivity index is 2.09. The number of hydrogen-bond acceptors (Lipinski definition) is 2. The van der Waals surface area contributed by atoms with Gasteiger partial charge in [0.15, 0.2) is 0 Å². The molecule has 0 spiro atoms. The van der Waals surface area contributed by atoms with Crippen molar-refractivity contribution in [2.24, 2.45) is 0 Å². The van der Waals surface area contributed by atoms with Gasteiger partial charge in [-0.3, -0.25) is 4.90 Å². The molecule has 2 aromatic rings. The van der Waals surface area contributed by atoms with Crippen molar-refractivity contribution in [3.63, 3.8) is 0 Å². The summed E-state index contributed by atoms with van der Waals surface area (Å²) >= 11 is 0. The van der Waals surface area contributed by atoms with Crippen LogP contribution in [-0.2, 0) is 0 Å². The van der Waals surface area contributed by atoms with Gasteiger partial charge in [0.1, 0.15) is 0 Å². The van der Waals surface area contributed by atoms with Crippen LogP contribution in [0.25, 0.3) is 10.8 Å². The van der Waals surface area contributed by atoms with Crippen LogP contribution in [0.2, 0.25) is 0 Å². The predicted molar refractivity (Wildman–Crippen MR) is 79.2 cm³/mol. The first-order valence-corrected chi connectivity index (χ1v) is 7.17. The summed E-state index contributed by atoms with van der Waals surface area (Å²) in [7, 11) is 0. The van der Waals surface area contributed by atoms with Gasteiger partial charge in [-0.2, -0.15) is 0 Å². The van der Waals surface area contributed by atoms with Crippen LogP contribution in [0.3, 0.4) is 0 Å². The number of nitrogens with zero attached hydrogens (tertiary/aromatic N) is 1. The van der Waals surface area contributed by atoms with Gasteiger partial charge in [-0.15, -0.1) is 0 Å². The molecule has 100 valence electrons. The van der Waals surface area contributed by atoms with Crippen LogP contribution in [-0.4, -0.2) is 29.2 Å². The smallest absolute Gasteiger partial charge is 0.0709 e. The van der Waals surface area contributed by atoms with Crippen LogP contribution in [0.1, 0.15) is 31.4 Å². The highest BCUT2D eigenvalue weighted by Crippen LogP contribution is 2.32. The van der Waals surface area contributed by atoms with Gasteiger partial charge in [-0.05, 0) is 49.2 Å². The fourth-order valence-electron chi connectivity index (χ4n) is 3.29. The number of aliphatic hydroxyl groups excluding tert-OH is 1. The summed E-state index contributed by atoms with van der Waals surface area (Å²) in [5.41, 5.74) is 1.26. The molecular formula is C17H21NO. The third-order valence-corrected chi connectivity index (χ3v) is 4.13. The molecule has 0 amide bonds. The summed E-state index contributed by atoms with van der Waals surface area (Å²) in [5, 5.41) is 12.8. The summed E-state index contributed by atoms with van der Waals surface area (Å²) in [6.45, 7) is 4.10. The SMILES string of the molecule is C[C@H](O)[C@@H](c1cccc2ccccc12)N1CCCC1. The van der Waals surface area contributed by atoms with Crippen LogP contribution < -0.4 is 0 Å². The molecule has 1 fully saturated rings. The predicted octanol–water partition coefficient (Wildman–Crippen LogP) is 3.36. The van der Waals surface area contributed by atoms with E-state index in [0.29, 0.717) is 0 Å². The molecular weight excluding hydrogens is 234 g/mol. The first-order chi connectivity index (χ1) is 9.27. The minimum atomic E-state index is -0.344. The van der Waals surface area contributed by atoms with Crippen molar-refractivity contribution in [2.45, 2.75) is 31.9 Å². The molecule has 0 bridgehead atoms. The van der Waals surface area contributed by atoms with Gasteiger partial charge < -0.3 is 5.11 Å². The van der Waals surface area contributed by atoms with E-state index >= 15 is 0 Å². The zero-order chi connectivity index (χ0) is 13.2. The van der Waals surface area contributed by atoms with Crippen molar-refractivity contribution in [3.8, 4) is 0 Å². The van der Waals surface area contributed by atoms with E-state index in [9.17, 15) is 5.11 Å². The lowest BCUT2D eigenvalue weighted by Gasteiger charge is -2.31. The average Bonchev–Trinajstić information content (AvgIpc) is 2.93. The van der Waals surface area contributed by atoms with E-state index in [-0.39, 0.29) is 12.1 Å². The van der Waals surface area contributed by atoms with Crippen LogP contribution in [0.5, 0.6) is 0 Å².